The first-order valence-corrected chi connectivity index (χ1v) is 15.3. The number of carbonyl (C=O) groups is 3. The van der Waals surface area contributed by atoms with E-state index in [9.17, 15) is 19.5 Å². The minimum absolute atomic E-state index is 0.149. The number of anilines is 1. The van der Waals surface area contributed by atoms with Crippen LogP contribution in [0.15, 0.2) is 79.9 Å². The standard InChI is InChI=1S/C34H40ClN3O5/c1-5-18-36(20-23-10-8-7-9-11-23)31(40)28-27-16-17-34(43-27)29(28)32(41)38(26(21-39)22(3)4)30(34)33(42)37(19-6-2)25-14-12-24(35)13-15-25/h5-15,22,26-30,39H,1-2,16-21H2,3-4H3/t26-,27+,28-,29-,30?,34?/m0/s1. The summed E-state index contributed by atoms with van der Waals surface area (Å²) < 4.78 is 6.68. The summed E-state index contributed by atoms with van der Waals surface area (Å²) in [5.41, 5.74) is 0.374. The number of nitrogens with zero attached hydrogens (tertiary/aromatic N) is 3. The van der Waals surface area contributed by atoms with Gasteiger partial charge in [0.2, 0.25) is 11.8 Å². The highest BCUT2D eigenvalue weighted by Crippen LogP contribution is 2.59. The van der Waals surface area contributed by atoms with Crippen molar-refractivity contribution in [2.45, 2.75) is 57.0 Å². The molecule has 2 unspecified atom stereocenters. The lowest BCUT2D eigenvalue weighted by atomic mass is 9.70. The zero-order chi connectivity index (χ0) is 30.9. The first kappa shape index (κ1) is 31.0. The molecule has 0 aliphatic carbocycles. The van der Waals surface area contributed by atoms with Crippen molar-refractivity contribution < 1.29 is 24.2 Å². The SMILES string of the molecule is C=CCN(Cc1ccccc1)C(=O)[C@@H]1[C@H]2C(=O)N([C@@H](CO)C(C)C)C(C(=O)N(CC=C)c3ccc(Cl)cc3)C23CC[C@H]1O3. The van der Waals surface area contributed by atoms with Gasteiger partial charge in [0.1, 0.15) is 11.6 Å². The van der Waals surface area contributed by atoms with Crippen molar-refractivity contribution in [3.05, 3.63) is 90.5 Å². The highest BCUT2D eigenvalue weighted by Gasteiger charge is 2.75. The molecule has 3 aliphatic heterocycles. The fourth-order valence-electron chi connectivity index (χ4n) is 7.25. The second kappa shape index (κ2) is 12.6. The molecule has 5 rings (SSSR count). The molecule has 2 aromatic rings. The number of hydrogen-bond acceptors (Lipinski definition) is 5. The molecular weight excluding hydrogens is 566 g/mol. The third kappa shape index (κ3) is 5.41. The summed E-state index contributed by atoms with van der Waals surface area (Å²) in [6.07, 6.45) is 3.84. The van der Waals surface area contributed by atoms with Gasteiger partial charge >= 0.3 is 0 Å². The van der Waals surface area contributed by atoms with Crippen molar-refractivity contribution in [2.24, 2.45) is 17.8 Å². The number of amides is 3. The van der Waals surface area contributed by atoms with Gasteiger partial charge in [0.25, 0.3) is 5.91 Å². The van der Waals surface area contributed by atoms with Gasteiger partial charge in [-0.05, 0) is 48.6 Å². The van der Waals surface area contributed by atoms with Gasteiger partial charge in [-0.1, -0.05) is 67.9 Å². The van der Waals surface area contributed by atoms with E-state index in [1.807, 2.05) is 44.2 Å². The summed E-state index contributed by atoms with van der Waals surface area (Å²) in [4.78, 5) is 48.4. The van der Waals surface area contributed by atoms with Crippen LogP contribution in [0.5, 0.6) is 0 Å². The first-order chi connectivity index (χ1) is 20.7. The number of halogens is 1. The number of aliphatic hydroxyl groups is 1. The third-order valence-corrected chi connectivity index (χ3v) is 9.42. The molecule has 1 spiro atoms. The van der Waals surface area contributed by atoms with E-state index >= 15 is 0 Å². The predicted molar refractivity (Wildman–Crippen MR) is 166 cm³/mol. The van der Waals surface area contributed by atoms with Gasteiger partial charge in [-0.2, -0.15) is 0 Å². The van der Waals surface area contributed by atoms with E-state index in [-0.39, 0.29) is 36.8 Å². The van der Waals surface area contributed by atoms with E-state index in [2.05, 4.69) is 13.2 Å². The lowest BCUT2D eigenvalue weighted by Crippen LogP contribution is -2.59. The van der Waals surface area contributed by atoms with Crippen LogP contribution in [-0.4, -0.2) is 76.1 Å². The number of aliphatic hydroxyl groups excluding tert-OH is 1. The van der Waals surface area contributed by atoms with Gasteiger partial charge < -0.3 is 24.5 Å². The summed E-state index contributed by atoms with van der Waals surface area (Å²) in [7, 11) is 0. The van der Waals surface area contributed by atoms with Crippen molar-refractivity contribution >= 4 is 35.0 Å². The van der Waals surface area contributed by atoms with E-state index in [0.29, 0.717) is 36.6 Å². The second-order valence-corrected chi connectivity index (χ2v) is 12.4. The monoisotopic (exact) mass is 605 g/mol. The van der Waals surface area contributed by atoms with Crippen LogP contribution in [0, 0.1) is 17.8 Å². The molecule has 9 heteroatoms. The lowest BCUT2D eigenvalue weighted by Gasteiger charge is -2.40. The van der Waals surface area contributed by atoms with Crippen molar-refractivity contribution in [1.29, 1.82) is 0 Å². The molecule has 0 radical (unpaired) electrons. The molecule has 8 nitrogen and oxygen atoms in total. The van der Waals surface area contributed by atoms with Crippen molar-refractivity contribution in [3.8, 4) is 0 Å². The smallest absolute Gasteiger partial charge is 0.253 e. The topological polar surface area (TPSA) is 90.4 Å². The quantitative estimate of drug-likeness (QED) is 0.361. The average Bonchev–Trinajstić information content (AvgIpc) is 3.64. The Morgan fingerprint density at radius 3 is 2.37 bits per heavy atom. The molecule has 2 aromatic carbocycles. The molecule has 6 atom stereocenters. The predicted octanol–water partition coefficient (Wildman–Crippen LogP) is 4.47. The maximum atomic E-state index is 14.7. The fourth-order valence-corrected chi connectivity index (χ4v) is 7.38. The molecule has 2 bridgehead atoms. The molecule has 3 fully saturated rings. The highest BCUT2D eigenvalue weighted by atomic mass is 35.5. The van der Waals surface area contributed by atoms with Crippen LogP contribution in [0.1, 0.15) is 32.3 Å². The van der Waals surface area contributed by atoms with Gasteiger partial charge in [-0.3, -0.25) is 14.4 Å². The number of rotatable bonds is 12. The average molecular weight is 606 g/mol. The van der Waals surface area contributed by atoms with Crippen LogP contribution in [0.3, 0.4) is 0 Å². The molecule has 0 aromatic heterocycles. The fraction of sp³-hybridized carbons (Fsp3) is 0.441. The summed E-state index contributed by atoms with van der Waals surface area (Å²) in [6, 6.07) is 14.9. The summed E-state index contributed by atoms with van der Waals surface area (Å²) in [6.45, 7) is 12.1. The van der Waals surface area contributed by atoms with E-state index in [0.717, 1.165) is 5.56 Å². The molecule has 0 saturated carbocycles. The van der Waals surface area contributed by atoms with Crippen molar-refractivity contribution in [1.82, 2.24) is 9.80 Å². The van der Waals surface area contributed by atoms with Crippen LogP contribution in [0.25, 0.3) is 0 Å². The summed E-state index contributed by atoms with van der Waals surface area (Å²) in [5.74, 6) is -2.59. The van der Waals surface area contributed by atoms with Crippen LogP contribution in [0.4, 0.5) is 5.69 Å². The Kier molecular flexibility index (Phi) is 9.11. The Balaban J connectivity index is 1.57. The molecule has 3 amide bonds. The summed E-state index contributed by atoms with van der Waals surface area (Å²) in [5, 5.41) is 11.0. The highest BCUT2D eigenvalue weighted by molar-refractivity contribution is 6.30. The van der Waals surface area contributed by atoms with E-state index in [1.54, 1.807) is 46.2 Å². The van der Waals surface area contributed by atoms with Gasteiger partial charge in [-0.25, -0.2) is 0 Å². The normalized spacial score (nSPS) is 26.3. The van der Waals surface area contributed by atoms with Gasteiger partial charge in [0, 0.05) is 30.3 Å². The minimum Gasteiger partial charge on any atom is -0.394 e. The van der Waals surface area contributed by atoms with Gasteiger partial charge in [0.05, 0.1) is 30.6 Å². The minimum atomic E-state index is -1.19. The van der Waals surface area contributed by atoms with Crippen LogP contribution < -0.4 is 4.90 Å². The molecule has 3 aliphatic rings. The van der Waals surface area contributed by atoms with Gasteiger partial charge in [-0.15, -0.1) is 13.2 Å². The van der Waals surface area contributed by atoms with Crippen LogP contribution >= 0.6 is 11.6 Å². The number of fused-ring (bicyclic) bond motifs is 1. The number of hydrogen-bond donors (Lipinski definition) is 1. The lowest BCUT2D eigenvalue weighted by molar-refractivity contribution is -0.148. The zero-order valence-corrected chi connectivity index (χ0v) is 25.5. The first-order valence-electron chi connectivity index (χ1n) is 14.9. The molecular formula is C34H40ClN3O5. The largest absolute Gasteiger partial charge is 0.394 e. The number of benzene rings is 2. The van der Waals surface area contributed by atoms with E-state index < -0.39 is 35.6 Å². The maximum Gasteiger partial charge on any atom is 0.253 e. The molecule has 3 saturated heterocycles. The number of likely N-dealkylation sites (tertiary alicyclic amines) is 1. The number of ether oxygens (including phenoxy) is 1. The Morgan fingerprint density at radius 2 is 1.77 bits per heavy atom. The van der Waals surface area contributed by atoms with Crippen molar-refractivity contribution in [2.75, 3.05) is 24.6 Å². The molecule has 1 N–H and O–H groups in total. The van der Waals surface area contributed by atoms with Crippen molar-refractivity contribution in [3.63, 3.8) is 0 Å². The second-order valence-electron chi connectivity index (χ2n) is 12.0. The van der Waals surface area contributed by atoms with Crippen LogP contribution in [0.2, 0.25) is 5.02 Å². The Labute approximate surface area is 258 Å². The molecule has 228 valence electrons. The zero-order valence-electron chi connectivity index (χ0n) is 24.8. The molecule has 43 heavy (non-hydrogen) atoms. The van der Waals surface area contributed by atoms with E-state index in [4.69, 9.17) is 16.3 Å². The number of carbonyl (C=O) groups excluding carboxylic acids is 3. The summed E-state index contributed by atoms with van der Waals surface area (Å²) >= 11 is 6.14. The molecule has 3 heterocycles. The van der Waals surface area contributed by atoms with Gasteiger partial charge in [0.15, 0.2) is 0 Å². The maximum absolute atomic E-state index is 14.7. The Morgan fingerprint density at radius 1 is 1.09 bits per heavy atom. The Hall–Kier alpha value is -3.46. The Bertz CT molecular complexity index is 1370. The van der Waals surface area contributed by atoms with Crippen LogP contribution in [-0.2, 0) is 25.7 Å². The third-order valence-electron chi connectivity index (χ3n) is 9.16. The van der Waals surface area contributed by atoms with E-state index in [1.165, 1.54) is 4.90 Å².